The molecule has 1 fully saturated rings. The maximum absolute atomic E-state index is 13.7. The summed E-state index contributed by atoms with van der Waals surface area (Å²) in [4.78, 5) is 31.5. The number of rotatable bonds is 4. The van der Waals surface area contributed by atoms with Crippen molar-refractivity contribution in [2.45, 2.75) is 18.6 Å². The van der Waals surface area contributed by atoms with Crippen molar-refractivity contribution < 1.29 is 14.3 Å². The van der Waals surface area contributed by atoms with Crippen LogP contribution in [0.2, 0.25) is 0 Å². The molecular formula is C16H20FN7O2. The van der Waals surface area contributed by atoms with Crippen LogP contribution in [-0.2, 0) is 0 Å². The average Bonchev–Trinajstić information content (AvgIpc) is 2.64. The number of aliphatic hydroxyl groups is 1. The van der Waals surface area contributed by atoms with E-state index in [0.717, 1.165) is 6.20 Å². The van der Waals surface area contributed by atoms with E-state index in [9.17, 15) is 14.3 Å². The van der Waals surface area contributed by atoms with Crippen LogP contribution >= 0.6 is 0 Å². The van der Waals surface area contributed by atoms with Crippen LogP contribution in [0.3, 0.4) is 0 Å². The van der Waals surface area contributed by atoms with Gasteiger partial charge in [-0.25, -0.2) is 14.4 Å². The number of piperidine rings is 1. The highest BCUT2D eigenvalue weighted by Gasteiger charge is 2.31. The number of nitrogens with zero attached hydrogens (tertiary/aromatic N) is 6. The van der Waals surface area contributed by atoms with E-state index >= 15 is 0 Å². The zero-order valence-electron chi connectivity index (χ0n) is 14.5. The molecule has 2 aromatic heterocycles. The van der Waals surface area contributed by atoms with Crippen LogP contribution in [-0.4, -0.2) is 70.3 Å². The largest absolute Gasteiger partial charge is 0.389 e. The monoisotopic (exact) mass is 361 g/mol. The molecule has 0 bridgehead atoms. The molecule has 138 valence electrons. The first-order chi connectivity index (χ1) is 12.5. The predicted octanol–water partition coefficient (Wildman–Crippen LogP) is -0.159. The molecule has 1 aliphatic rings. The van der Waals surface area contributed by atoms with Gasteiger partial charge >= 0.3 is 0 Å². The zero-order chi connectivity index (χ0) is 18.7. The quantitative estimate of drug-likeness (QED) is 0.774. The summed E-state index contributed by atoms with van der Waals surface area (Å²) in [5.74, 6) is -0.371. The Balaban J connectivity index is 1.65. The lowest BCUT2D eigenvalue weighted by atomic mass is 10.0. The van der Waals surface area contributed by atoms with E-state index in [1.807, 2.05) is 0 Å². The highest BCUT2D eigenvalue weighted by Crippen LogP contribution is 2.21. The molecule has 0 radical (unpaired) electrons. The van der Waals surface area contributed by atoms with Gasteiger partial charge in [0.25, 0.3) is 5.91 Å². The van der Waals surface area contributed by atoms with E-state index in [-0.39, 0.29) is 24.0 Å². The van der Waals surface area contributed by atoms with E-state index < -0.39 is 18.0 Å². The van der Waals surface area contributed by atoms with E-state index in [1.165, 1.54) is 18.6 Å². The van der Waals surface area contributed by atoms with Crippen molar-refractivity contribution in [1.29, 1.82) is 0 Å². The standard InChI is InChI=1S/C16H20FN7O2/c1-23(2)14-10(17)7-20-16(22-14)24-6-3-11(13(25)9-24)21-15(26)12-8-18-4-5-19-12/h4-5,7-8,11,13,25H,3,6,9H2,1-2H3,(H,21,26)/t11-,13-/m0/s1. The van der Waals surface area contributed by atoms with Crippen molar-refractivity contribution >= 4 is 17.7 Å². The third-order valence-corrected chi connectivity index (χ3v) is 4.11. The molecule has 26 heavy (non-hydrogen) atoms. The minimum atomic E-state index is -0.819. The number of hydrogen-bond acceptors (Lipinski definition) is 8. The van der Waals surface area contributed by atoms with Gasteiger partial charge in [0, 0.05) is 39.6 Å². The first-order valence-corrected chi connectivity index (χ1v) is 8.15. The first kappa shape index (κ1) is 17.9. The number of carbonyl (C=O) groups is 1. The van der Waals surface area contributed by atoms with Gasteiger partial charge < -0.3 is 20.2 Å². The zero-order valence-corrected chi connectivity index (χ0v) is 14.5. The Morgan fingerprint density at radius 2 is 2.15 bits per heavy atom. The van der Waals surface area contributed by atoms with Gasteiger partial charge in [-0.05, 0) is 6.42 Å². The number of carbonyl (C=O) groups excluding carboxylic acids is 1. The molecule has 1 saturated heterocycles. The second-order valence-corrected chi connectivity index (χ2v) is 6.21. The van der Waals surface area contributed by atoms with Crippen molar-refractivity contribution in [2.24, 2.45) is 0 Å². The number of amides is 1. The third kappa shape index (κ3) is 3.85. The van der Waals surface area contributed by atoms with Gasteiger partial charge in [-0.1, -0.05) is 0 Å². The summed E-state index contributed by atoms with van der Waals surface area (Å²) in [5.41, 5.74) is 0.194. The molecule has 2 N–H and O–H groups in total. The SMILES string of the molecule is CN(C)c1nc(N2CC[C@H](NC(=O)c3cnccn3)[C@@H](O)C2)ncc1F. The second-order valence-electron chi connectivity index (χ2n) is 6.21. The van der Waals surface area contributed by atoms with Crippen molar-refractivity contribution in [3.05, 3.63) is 36.3 Å². The molecule has 0 aliphatic carbocycles. The Kier molecular flexibility index (Phi) is 5.21. The van der Waals surface area contributed by atoms with Gasteiger partial charge in [-0.2, -0.15) is 4.98 Å². The van der Waals surface area contributed by atoms with Crippen LogP contribution in [0.1, 0.15) is 16.9 Å². The molecule has 2 atom stereocenters. The van der Waals surface area contributed by atoms with Crippen molar-refractivity contribution in [2.75, 3.05) is 37.0 Å². The fourth-order valence-corrected chi connectivity index (χ4v) is 2.76. The Bertz CT molecular complexity index is 774. The smallest absolute Gasteiger partial charge is 0.271 e. The minimum Gasteiger partial charge on any atom is -0.389 e. The summed E-state index contributed by atoms with van der Waals surface area (Å²) in [7, 11) is 3.39. The molecule has 0 unspecified atom stereocenters. The van der Waals surface area contributed by atoms with Crippen molar-refractivity contribution in [3.63, 3.8) is 0 Å². The Morgan fingerprint density at radius 1 is 1.35 bits per heavy atom. The lowest BCUT2D eigenvalue weighted by Gasteiger charge is -2.36. The molecular weight excluding hydrogens is 341 g/mol. The topological polar surface area (TPSA) is 107 Å². The Labute approximate surface area is 149 Å². The van der Waals surface area contributed by atoms with Crippen LogP contribution in [0.5, 0.6) is 0 Å². The second kappa shape index (κ2) is 7.56. The number of anilines is 2. The number of β-amino-alcohol motifs (C(OH)–C–C–N with tert-alkyl or cyclic N) is 1. The molecule has 1 aliphatic heterocycles. The van der Waals surface area contributed by atoms with E-state index in [2.05, 4.69) is 25.3 Å². The summed E-state index contributed by atoms with van der Waals surface area (Å²) in [6.07, 6.45) is 5.07. The summed E-state index contributed by atoms with van der Waals surface area (Å²) in [6, 6.07) is -0.422. The average molecular weight is 361 g/mol. The lowest BCUT2D eigenvalue weighted by molar-refractivity contribution is 0.0792. The predicted molar refractivity (Wildman–Crippen MR) is 92.4 cm³/mol. The molecule has 10 heteroatoms. The third-order valence-electron chi connectivity index (χ3n) is 4.11. The number of nitrogens with one attached hydrogen (secondary N) is 1. The molecule has 0 spiro atoms. The molecule has 3 rings (SSSR count). The van der Waals surface area contributed by atoms with Gasteiger partial charge in [0.1, 0.15) is 5.69 Å². The molecule has 0 aromatic carbocycles. The number of aromatic nitrogens is 4. The van der Waals surface area contributed by atoms with Gasteiger partial charge in [-0.3, -0.25) is 9.78 Å². The fourth-order valence-electron chi connectivity index (χ4n) is 2.76. The Hall–Kier alpha value is -2.88. The number of hydrogen-bond donors (Lipinski definition) is 2. The normalized spacial score (nSPS) is 19.9. The molecule has 3 heterocycles. The van der Waals surface area contributed by atoms with Crippen LogP contribution in [0.25, 0.3) is 0 Å². The fraction of sp³-hybridized carbons (Fsp3) is 0.438. The maximum atomic E-state index is 13.7. The van der Waals surface area contributed by atoms with Crippen LogP contribution in [0.15, 0.2) is 24.8 Å². The molecule has 9 nitrogen and oxygen atoms in total. The van der Waals surface area contributed by atoms with Crippen LogP contribution in [0, 0.1) is 5.82 Å². The summed E-state index contributed by atoms with van der Waals surface area (Å²) >= 11 is 0. The molecule has 1 amide bonds. The summed E-state index contributed by atoms with van der Waals surface area (Å²) in [6.45, 7) is 0.741. The van der Waals surface area contributed by atoms with Gasteiger partial charge in [-0.15, -0.1) is 0 Å². The lowest BCUT2D eigenvalue weighted by Crippen LogP contribution is -2.54. The molecule has 2 aromatic rings. The highest BCUT2D eigenvalue weighted by molar-refractivity contribution is 5.92. The van der Waals surface area contributed by atoms with E-state index in [0.29, 0.717) is 18.9 Å². The van der Waals surface area contributed by atoms with Crippen LogP contribution < -0.4 is 15.1 Å². The number of aliphatic hydroxyl groups excluding tert-OH is 1. The molecule has 0 saturated carbocycles. The van der Waals surface area contributed by atoms with Crippen molar-refractivity contribution in [1.82, 2.24) is 25.3 Å². The van der Waals surface area contributed by atoms with E-state index in [1.54, 1.807) is 23.9 Å². The first-order valence-electron chi connectivity index (χ1n) is 8.15. The highest BCUT2D eigenvalue weighted by atomic mass is 19.1. The number of halogens is 1. The van der Waals surface area contributed by atoms with Gasteiger partial charge in [0.2, 0.25) is 5.95 Å². The summed E-state index contributed by atoms with van der Waals surface area (Å²) < 4.78 is 13.7. The van der Waals surface area contributed by atoms with E-state index in [4.69, 9.17) is 0 Å². The van der Waals surface area contributed by atoms with Gasteiger partial charge in [0.05, 0.1) is 24.5 Å². The van der Waals surface area contributed by atoms with Crippen LogP contribution in [0.4, 0.5) is 16.2 Å². The summed E-state index contributed by atoms with van der Waals surface area (Å²) in [5, 5.41) is 13.2. The Morgan fingerprint density at radius 3 is 2.81 bits per heavy atom. The minimum absolute atomic E-state index is 0.183. The maximum Gasteiger partial charge on any atom is 0.271 e. The van der Waals surface area contributed by atoms with Crippen molar-refractivity contribution in [3.8, 4) is 0 Å². The van der Waals surface area contributed by atoms with Gasteiger partial charge in [0.15, 0.2) is 11.6 Å².